The van der Waals surface area contributed by atoms with Gasteiger partial charge >= 0.3 is 0 Å². The van der Waals surface area contributed by atoms with Crippen LogP contribution < -0.4 is 10.6 Å². The molecule has 1 amide bonds. The molecule has 3 aromatic rings. The lowest BCUT2D eigenvalue weighted by Gasteiger charge is -2.09. The number of hydrogen-bond acceptors (Lipinski definition) is 4. The Bertz CT molecular complexity index is 955. The van der Waals surface area contributed by atoms with Crippen LogP contribution in [-0.4, -0.2) is 16.7 Å². The largest absolute Gasteiger partial charge is 0.354 e. The van der Waals surface area contributed by atoms with E-state index < -0.39 is 11.7 Å². The van der Waals surface area contributed by atoms with E-state index in [0.717, 1.165) is 5.69 Å². The third-order valence-corrected chi connectivity index (χ3v) is 3.68. The molecule has 0 unspecified atom stereocenters. The molecule has 0 aliphatic carbocycles. The summed E-state index contributed by atoms with van der Waals surface area (Å²) in [6, 6.07) is 16.2. The zero-order valence-corrected chi connectivity index (χ0v) is 14.0. The monoisotopic (exact) mass is 349 g/mol. The Morgan fingerprint density at radius 1 is 0.962 bits per heavy atom. The summed E-state index contributed by atoms with van der Waals surface area (Å²) >= 11 is 0. The minimum Gasteiger partial charge on any atom is -0.354 e. The molecule has 26 heavy (non-hydrogen) atoms. The van der Waals surface area contributed by atoms with Gasteiger partial charge in [0.2, 0.25) is 0 Å². The van der Waals surface area contributed by atoms with E-state index >= 15 is 0 Å². The summed E-state index contributed by atoms with van der Waals surface area (Å²) in [6.07, 6.45) is 1.50. The normalized spacial score (nSPS) is 10.2. The fraction of sp³-hybridized carbons (Fsp3) is 0.0500. The fourth-order valence-corrected chi connectivity index (χ4v) is 2.33. The van der Waals surface area contributed by atoms with E-state index in [1.54, 1.807) is 36.4 Å². The molecular weight excluding hydrogens is 333 g/mol. The molecule has 0 bridgehead atoms. The van der Waals surface area contributed by atoms with Gasteiger partial charge < -0.3 is 10.6 Å². The van der Waals surface area contributed by atoms with Crippen molar-refractivity contribution in [3.05, 3.63) is 83.9 Å². The molecule has 0 fully saturated rings. The van der Waals surface area contributed by atoms with Gasteiger partial charge in [-0.05, 0) is 43.3 Å². The molecule has 5 nitrogen and oxygen atoms in total. The van der Waals surface area contributed by atoms with Gasteiger partial charge in [-0.25, -0.2) is 9.37 Å². The standard InChI is InChI=1S/C20H16FN3O2/c1-13(25)14-5-4-6-15(11-14)23-16-9-10-19(22-12-16)20(26)24-18-8-3-2-7-17(18)21/h2-12,23H,1H3,(H,24,26). The summed E-state index contributed by atoms with van der Waals surface area (Å²) in [5, 5.41) is 5.60. The SMILES string of the molecule is CC(=O)c1cccc(Nc2ccc(C(=O)Nc3ccccc3F)nc2)c1. The molecule has 3 rings (SSSR count). The van der Waals surface area contributed by atoms with E-state index in [-0.39, 0.29) is 17.2 Å². The van der Waals surface area contributed by atoms with Crippen LogP contribution in [0.15, 0.2) is 66.9 Å². The minimum atomic E-state index is -0.510. The Morgan fingerprint density at radius 3 is 2.46 bits per heavy atom. The second-order valence-electron chi connectivity index (χ2n) is 5.63. The highest BCUT2D eigenvalue weighted by Crippen LogP contribution is 2.18. The number of carbonyl (C=O) groups excluding carboxylic acids is 2. The van der Waals surface area contributed by atoms with Gasteiger partial charge in [0.25, 0.3) is 5.91 Å². The predicted octanol–water partition coefficient (Wildman–Crippen LogP) is 4.42. The molecule has 130 valence electrons. The Kier molecular flexibility index (Phi) is 5.03. The van der Waals surface area contributed by atoms with E-state index in [9.17, 15) is 14.0 Å². The van der Waals surface area contributed by atoms with Gasteiger partial charge in [-0.1, -0.05) is 24.3 Å². The predicted molar refractivity (Wildman–Crippen MR) is 98.3 cm³/mol. The minimum absolute atomic E-state index is 0.0214. The number of halogens is 1. The number of para-hydroxylation sites is 1. The number of ketones is 1. The third kappa shape index (κ3) is 4.10. The van der Waals surface area contributed by atoms with Gasteiger partial charge in [-0.15, -0.1) is 0 Å². The maximum absolute atomic E-state index is 13.6. The highest BCUT2D eigenvalue weighted by atomic mass is 19.1. The quantitative estimate of drug-likeness (QED) is 0.669. The van der Waals surface area contributed by atoms with Crippen LogP contribution in [-0.2, 0) is 0 Å². The molecule has 6 heteroatoms. The second kappa shape index (κ2) is 7.57. The Labute approximate surface area is 149 Å². The highest BCUT2D eigenvalue weighted by Gasteiger charge is 2.10. The van der Waals surface area contributed by atoms with Crippen LogP contribution in [0.2, 0.25) is 0 Å². The number of pyridine rings is 1. The summed E-state index contributed by atoms with van der Waals surface area (Å²) in [5.74, 6) is -1.03. The van der Waals surface area contributed by atoms with Crippen LogP contribution in [0.1, 0.15) is 27.8 Å². The molecule has 0 radical (unpaired) electrons. The van der Waals surface area contributed by atoms with Gasteiger partial charge in [0, 0.05) is 11.3 Å². The van der Waals surface area contributed by atoms with E-state index in [2.05, 4.69) is 15.6 Å². The van der Waals surface area contributed by atoms with E-state index in [4.69, 9.17) is 0 Å². The van der Waals surface area contributed by atoms with Crippen molar-refractivity contribution in [2.45, 2.75) is 6.92 Å². The van der Waals surface area contributed by atoms with Gasteiger partial charge in [0.05, 0.1) is 17.6 Å². The van der Waals surface area contributed by atoms with Crippen molar-refractivity contribution in [1.29, 1.82) is 0 Å². The lowest BCUT2D eigenvalue weighted by molar-refractivity contribution is 0.101. The molecule has 2 aromatic carbocycles. The summed E-state index contributed by atoms with van der Waals surface area (Å²) < 4.78 is 13.6. The maximum Gasteiger partial charge on any atom is 0.274 e. The van der Waals surface area contributed by atoms with Crippen molar-refractivity contribution in [3.63, 3.8) is 0 Å². The fourth-order valence-electron chi connectivity index (χ4n) is 2.33. The van der Waals surface area contributed by atoms with E-state index in [1.165, 1.54) is 31.3 Å². The number of hydrogen-bond donors (Lipinski definition) is 2. The third-order valence-electron chi connectivity index (χ3n) is 3.68. The smallest absolute Gasteiger partial charge is 0.274 e. The molecule has 0 atom stereocenters. The van der Waals surface area contributed by atoms with E-state index in [1.807, 2.05) is 6.07 Å². The number of anilines is 3. The van der Waals surface area contributed by atoms with Crippen molar-refractivity contribution < 1.29 is 14.0 Å². The van der Waals surface area contributed by atoms with Crippen molar-refractivity contribution in [1.82, 2.24) is 4.98 Å². The lowest BCUT2D eigenvalue weighted by atomic mass is 10.1. The van der Waals surface area contributed by atoms with E-state index in [0.29, 0.717) is 11.3 Å². The first-order chi connectivity index (χ1) is 12.5. The number of benzene rings is 2. The molecule has 0 saturated heterocycles. The molecule has 1 heterocycles. The van der Waals surface area contributed by atoms with Crippen LogP contribution in [0.4, 0.5) is 21.5 Å². The Balaban J connectivity index is 1.70. The average Bonchev–Trinajstić information content (AvgIpc) is 2.64. The van der Waals surface area contributed by atoms with Crippen molar-refractivity contribution in [2.24, 2.45) is 0 Å². The molecule has 0 aliphatic rings. The molecule has 0 saturated carbocycles. The van der Waals surface area contributed by atoms with Crippen LogP contribution >= 0.6 is 0 Å². The van der Waals surface area contributed by atoms with Gasteiger partial charge in [0.15, 0.2) is 5.78 Å². The summed E-state index contributed by atoms with van der Waals surface area (Å²) in [7, 11) is 0. The van der Waals surface area contributed by atoms with Crippen molar-refractivity contribution in [2.75, 3.05) is 10.6 Å². The molecule has 1 aromatic heterocycles. The molecule has 0 aliphatic heterocycles. The van der Waals surface area contributed by atoms with Gasteiger partial charge in [-0.2, -0.15) is 0 Å². The summed E-state index contributed by atoms with van der Waals surface area (Å²) in [4.78, 5) is 27.7. The first-order valence-electron chi connectivity index (χ1n) is 7.93. The topological polar surface area (TPSA) is 71.1 Å². The summed E-state index contributed by atoms with van der Waals surface area (Å²) in [6.45, 7) is 1.50. The van der Waals surface area contributed by atoms with Gasteiger partial charge in [0.1, 0.15) is 11.5 Å². The zero-order valence-electron chi connectivity index (χ0n) is 14.0. The second-order valence-corrected chi connectivity index (χ2v) is 5.63. The molecular formula is C20H16FN3O2. The number of rotatable bonds is 5. The van der Waals surface area contributed by atoms with Crippen molar-refractivity contribution in [3.8, 4) is 0 Å². The van der Waals surface area contributed by atoms with Gasteiger partial charge in [-0.3, -0.25) is 9.59 Å². The van der Waals surface area contributed by atoms with Crippen LogP contribution in [0, 0.1) is 5.82 Å². The van der Waals surface area contributed by atoms with Crippen molar-refractivity contribution >= 4 is 28.8 Å². The average molecular weight is 349 g/mol. The number of amides is 1. The number of Topliss-reactive ketones (excluding diaryl/α,β-unsaturated/α-hetero) is 1. The zero-order chi connectivity index (χ0) is 18.5. The molecule has 0 spiro atoms. The summed E-state index contributed by atoms with van der Waals surface area (Å²) in [5.41, 5.74) is 2.26. The Morgan fingerprint density at radius 2 is 1.77 bits per heavy atom. The van der Waals surface area contributed by atoms with Crippen LogP contribution in [0.25, 0.3) is 0 Å². The van der Waals surface area contributed by atoms with Crippen LogP contribution in [0.5, 0.6) is 0 Å². The number of aromatic nitrogens is 1. The lowest BCUT2D eigenvalue weighted by Crippen LogP contribution is -2.14. The first kappa shape index (κ1) is 17.3. The number of nitrogens with zero attached hydrogens (tertiary/aromatic N) is 1. The maximum atomic E-state index is 13.6. The highest BCUT2D eigenvalue weighted by molar-refractivity contribution is 6.03. The molecule has 2 N–H and O–H groups in total. The van der Waals surface area contributed by atoms with Crippen LogP contribution in [0.3, 0.4) is 0 Å². The Hall–Kier alpha value is -3.54. The number of nitrogens with one attached hydrogen (secondary N) is 2. The first-order valence-corrected chi connectivity index (χ1v) is 7.93. The number of carbonyl (C=O) groups is 2.